The highest BCUT2D eigenvalue weighted by Gasteiger charge is 2.21. The van der Waals surface area contributed by atoms with Gasteiger partial charge in [-0.15, -0.1) is 11.3 Å². The third-order valence-electron chi connectivity index (χ3n) is 4.73. The van der Waals surface area contributed by atoms with Crippen LogP contribution in [0.5, 0.6) is 0 Å². The molecule has 5 heteroatoms. The van der Waals surface area contributed by atoms with Crippen molar-refractivity contribution in [2.75, 3.05) is 45.8 Å². The number of piperazine rings is 1. The van der Waals surface area contributed by atoms with Gasteiger partial charge in [-0.25, -0.2) is 4.98 Å². The third-order valence-corrected chi connectivity index (χ3v) is 5.77. The summed E-state index contributed by atoms with van der Waals surface area (Å²) >= 11 is 1.81. The van der Waals surface area contributed by atoms with E-state index in [0.29, 0.717) is 0 Å². The molecule has 2 saturated heterocycles. The molecule has 0 bridgehead atoms. The lowest BCUT2D eigenvalue weighted by atomic mass is 9.97. The fourth-order valence-corrected chi connectivity index (χ4v) is 4.11. The first kappa shape index (κ1) is 15.4. The molecule has 0 radical (unpaired) electrons. The monoisotopic (exact) mass is 308 g/mol. The van der Waals surface area contributed by atoms with Gasteiger partial charge in [-0.05, 0) is 38.3 Å². The lowest BCUT2D eigenvalue weighted by Crippen LogP contribution is -2.48. The van der Waals surface area contributed by atoms with Crippen molar-refractivity contribution in [2.45, 2.75) is 32.7 Å². The van der Waals surface area contributed by atoms with Gasteiger partial charge in [-0.1, -0.05) is 6.92 Å². The van der Waals surface area contributed by atoms with Crippen molar-refractivity contribution < 1.29 is 0 Å². The highest BCUT2D eigenvalue weighted by atomic mass is 32.1. The molecule has 0 aromatic carbocycles. The molecule has 0 saturated carbocycles. The predicted molar refractivity (Wildman–Crippen MR) is 88.8 cm³/mol. The normalized spacial score (nSPS) is 22.7. The first-order valence-electron chi connectivity index (χ1n) is 8.42. The first-order valence-corrected chi connectivity index (χ1v) is 9.30. The molecule has 0 atom stereocenters. The summed E-state index contributed by atoms with van der Waals surface area (Å²) in [4.78, 5) is 9.93. The van der Waals surface area contributed by atoms with Gasteiger partial charge in [0.05, 0.1) is 10.7 Å². The van der Waals surface area contributed by atoms with Crippen molar-refractivity contribution >= 4 is 11.3 Å². The van der Waals surface area contributed by atoms with Crippen molar-refractivity contribution in [2.24, 2.45) is 5.92 Å². The Morgan fingerprint density at radius 3 is 2.57 bits per heavy atom. The Bertz CT molecular complexity index is 420. The summed E-state index contributed by atoms with van der Waals surface area (Å²) in [7, 11) is 0. The van der Waals surface area contributed by atoms with E-state index < -0.39 is 0 Å². The Hall–Kier alpha value is -0.490. The topological polar surface area (TPSA) is 31.4 Å². The number of aromatic nitrogens is 1. The van der Waals surface area contributed by atoms with Crippen molar-refractivity contribution in [3.05, 3.63) is 16.1 Å². The molecule has 0 unspecified atom stereocenters. The predicted octanol–water partition coefficient (Wildman–Crippen LogP) is 1.82. The van der Waals surface area contributed by atoms with E-state index in [2.05, 4.69) is 27.4 Å². The van der Waals surface area contributed by atoms with Gasteiger partial charge in [0.25, 0.3) is 0 Å². The fraction of sp³-hybridized carbons (Fsp3) is 0.812. The van der Waals surface area contributed by atoms with E-state index in [1.807, 2.05) is 11.3 Å². The summed E-state index contributed by atoms with van der Waals surface area (Å²) in [5, 5.41) is 6.97. The van der Waals surface area contributed by atoms with Gasteiger partial charge in [0, 0.05) is 44.6 Å². The van der Waals surface area contributed by atoms with E-state index in [-0.39, 0.29) is 0 Å². The van der Waals surface area contributed by atoms with Crippen LogP contribution >= 0.6 is 11.3 Å². The van der Waals surface area contributed by atoms with Crippen LogP contribution in [0.4, 0.5) is 0 Å². The lowest BCUT2D eigenvalue weighted by molar-refractivity contribution is 0.106. The van der Waals surface area contributed by atoms with E-state index >= 15 is 0 Å². The second-order valence-electron chi connectivity index (χ2n) is 6.36. The maximum atomic E-state index is 4.69. The molecule has 0 spiro atoms. The van der Waals surface area contributed by atoms with Gasteiger partial charge < -0.3 is 10.2 Å². The molecule has 1 aromatic rings. The Kier molecular flexibility index (Phi) is 5.63. The minimum atomic E-state index is 0.920. The van der Waals surface area contributed by atoms with Gasteiger partial charge in [0.15, 0.2) is 0 Å². The molecule has 0 aliphatic carbocycles. The molecular weight excluding hydrogens is 280 g/mol. The lowest BCUT2D eigenvalue weighted by Gasteiger charge is -2.37. The van der Waals surface area contributed by atoms with Crippen LogP contribution in [-0.4, -0.2) is 60.6 Å². The molecule has 4 nitrogen and oxygen atoms in total. The van der Waals surface area contributed by atoms with Crippen molar-refractivity contribution in [1.82, 2.24) is 20.1 Å². The maximum Gasteiger partial charge on any atom is 0.0926 e. The van der Waals surface area contributed by atoms with E-state index in [9.17, 15) is 0 Å². The zero-order valence-electron chi connectivity index (χ0n) is 13.2. The summed E-state index contributed by atoms with van der Waals surface area (Å²) in [5.74, 6) is 0.920. The van der Waals surface area contributed by atoms with Crippen molar-refractivity contribution in [1.29, 1.82) is 0 Å². The van der Waals surface area contributed by atoms with Crippen LogP contribution in [0.1, 0.15) is 30.5 Å². The molecule has 3 rings (SSSR count). The van der Waals surface area contributed by atoms with Gasteiger partial charge in [0.1, 0.15) is 0 Å². The highest BCUT2D eigenvalue weighted by molar-refractivity contribution is 7.09. The molecule has 2 aliphatic heterocycles. The second kappa shape index (κ2) is 7.68. The summed E-state index contributed by atoms with van der Waals surface area (Å²) in [6.07, 6.45) is 3.78. The quantitative estimate of drug-likeness (QED) is 0.899. The summed E-state index contributed by atoms with van der Waals surface area (Å²) < 4.78 is 0. The van der Waals surface area contributed by atoms with Crippen molar-refractivity contribution in [3.63, 3.8) is 0 Å². The van der Waals surface area contributed by atoms with Crippen LogP contribution in [-0.2, 0) is 13.0 Å². The number of hydrogen-bond acceptors (Lipinski definition) is 5. The fourth-order valence-electron chi connectivity index (χ4n) is 3.37. The highest BCUT2D eigenvalue weighted by Crippen LogP contribution is 2.16. The molecule has 2 fully saturated rings. The second-order valence-corrected chi connectivity index (χ2v) is 7.30. The Balaban J connectivity index is 1.40. The minimum Gasteiger partial charge on any atom is -0.317 e. The number of hydrogen-bond donors (Lipinski definition) is 1. The number of nitrogens with zero attached hydrogens (tertiary/aromatic N) is 3. The van der Waals surface area contributed by atoms with Crippen LogP contribution in [0, 0.1) is 5.92 Å². The van der Waals surface area contributed by atoms with E-state index in [1.165, 1.54) is 69.4 Å². The Morgan fingerprint density at radius 2 is 1.90 bits per heavy atom. The van der Waals surface area contributed by atoms with Gasteiger partial charge >= 0.3 is 0 Å². The first-order chi connectivity index (χ1) is 10.3. The molecule has 1 N–H and O–H groups in total. The molecule has 118 valence electrons. The average molecular weight is 308 g/mol. The van der Waals surface area contributed by atoms with Gasteiger partial charge in [-0.3, -0.25) is 4.90 Å². The smallest absolute Gasteiger partial charge is 0.0926 e. The molecule has 3 heterocycles. The summed E-state index contributed by atoms with van der Waals surface area (Å²) in [5.41, 5.74) is 1.27. The number of rotatable bonds is 5. The summed E-state index contributed by atoms with van der Waals surface area (Å²) in [6, 6.07) is 0. The van der Waals surface area contributed by atoms with E-state index in [4.69, 9.17) is 4.98 Å². The molecule has 1 aromatic heterocycles. The third kappa shape index (κ3) is 4.49. The zero-order valence-corrected chi connectivity index (χ0v) is 14.0. The standard InChI is InChI=1S/C16H28N4S/c1-2-16-18-15(13-21-16)12-20-9-7-19(8-10-20)11-14-3-5-17-6-4-14/h13-14,17H,2-12H2,1H3. The number of thiazole rings is 1. The van der Waals surface area contributed by atoms with Crippen LogP contribution in [0.15, 0.2) is 5.38 Å². The van der Waals surface area contributed by atoms with Gasteiger partial charge in [0.2, 0.25) is 0 Å². The van der Waals surface area contributed by atoms with Crippen LogP contribution in [0.2, 0.25) is 0 Å². The van der Waals surface area contributed by atoms with Crippen LogP contribution < -0.4 is 5.32 Å². The minimum absolute atomic E-state index is 0.920. The SMILES string of the molecule is CCc1nc(CN2CCN(CC3CCNCC3)CC2)cs1. The largest absolute Gasteiger partial charge is 0.317 e. The zero-order chi connectivity index (χ0) is 14.5. The van der Waals surface area contributed by atoms with Gasteiger partial charge in [-0.2, -0.15) is 0 Å². The number of nitrogens with one attached hydrogen (secondary N) is 1. The molecule has 21 heavy (non-hydrogen) atoms. The average Bonchev–Trinajstić information content (AvgIpc) is 2.98. The number of piperidine rings is 1. The Labute approximate surface area is 132 Å². The molecule has 2 aliphatic rings. The Morgan fingerprint density at radius 1 is 1.19 bits per heavy atom. The van der Waals surface area contributed by atoms with Crippen LogP contribution in [0.25, 0.3) is 0 Å². The van der Waals surface area contributed by atoms with Crippen LogP contribution in [0.3, 0.4) is 0 Å². The van der Waals surface area contributed by atoms with E-state index in [1.54, 1.807) is 0 Å². The summed E-state index contributed by atoms with van der Waals surface area (Å²) in [6.45, 7) is 11.8. The maximum absolute atomic E-state index is 4.69. The molecular formula is C16H28N4S. The molecule has 0 amide bonds. The van der Waals surface area contributed by atoms with Crippen molar-refractivity contribution in [3.8, 4) is 0 Å². The van der Waals surface area contributed by atoms with E-state index in [0.717, 1.165) is 18.9 Å². The number of aryl methyl sites for hydroxylation is 1.